The number of hydrogen-bond acceptors (Lipinski definition) is 4. The molecule has 5 rings (SSSR count). The van der Waals surface area contributed by atoms with Gasteiger partial charge in [-0.05, 0) is 55.7 Å². The van der Waals surface area contributed by atoms with Gasteiger partial charge in [0.05, 0.1) is 17.0 Å². The van der Waals surface area contributed by atoms with E-state index in [0.717, 1.165) is 31.4 Å². The zero-order valence-electron chi connectivity index (χ0n) is 17.1. The summed E-state index contributed by atoms with van der Waals surface area (Å²) in [5, 5.41) is 7.35. The van der Waals surface area contributed by atoms with Crippen LogP contribution in [0.2, 0.25) is 5.02 Å². The van der Waals surface area contributed by atoms with Gasteiger partial charge in [0.1, 0.15) is 17.2 Å². The van der Waals surface area contributed by atoms with E-state index >= 15 is 0 Å². The molecule has 2 aliphatic carbocycles. The molecule has 2 saturated carbocycles. The number of halogens is 2. The molecule has 0 saturated heterocycles. The van der Waals surface area contributed by atoms with Crippen LogP contribution in [0.5, 0.6) is 0 Å². The number of nitrogens with one attached hydrogen (secondary N) is 2. The van der Waals surface area contributed by atoms with Gasteiger partial charge in [0.2, 0.25) is 0 Å². The number of nitrogens with zero attached hydrogens (tertiary/aromatic N) is 3. The number of benzene rings is 1. The fourth-order valence-electron chi connectivity index (χ4n) is 5.43. The summed E-state index contributed by atoms with van der Waals surface area (Å²) in [4.78, 5) is 20.5. The van der Waals surface area contributed by atoms with Crippen LogP contribution in [0.25, 0.3) is 0 Å². The van der Waals surface area contributed by atoms with E-state index in [-0.39, 0.29) is 16.8 Å². The summed E-state index contributed by atoms with van der Waals surface area (Å²) in [5.74, 6) is 1.37. The molecule has 0 spiro atoms. The van der Waals surface area contributed by atoms with Crippen molar-refractivity contribution in [3.63, 3.8) is 0 Å². The van der Waals surface area contributed by atoms with Crippen LogP contribution in [0.15, 0.2) is 30.7 Å². The molecule has 2 unspecified atom stereocenters. The number of imidazole rings is 1. The second-order valence-corrected chi connectivity index (χ2v) is 9.12. The molecule has 31 heavy (non-hydrogen) atoms. The lowest BCUT2D eigenvalue weighted by atomic mass is 9.92. The molecule has 0 bridgehead atoms. The smallest absolute Gasteiger partial charge is 0.261 e. The van der Waals surface area contributed by atoms with Crippen LogP contribution in [0.3, 0.4) is 0 Å². The predicted molar refractivity (Wildman–Crippen MR) is 117 cm³/mol. The van der Waals surface area contributed by atoms with Gasteiger partial charge in [-0.2, -0.15) is 5.10 Å². The highest BCUT2D eigenvalue weighted by Gasteiger charge is 2.44. The molecule has 162 valence electrons. The Hall–Kier alpha value is -2.87. The van der Waals surface area contributed by atoms with Crippen LogP contribution < -0.4 is 11.1 Å². The van der Waals surface area contributed by atoms with Crippen molar-refractivity contribution in [3.8, 4) is 0 Å². The third kappa shape index (κ3) is 3.59. The zero-order valence-corrected chi connectivity index (χ0v) is 17.9. The van der Waals surface area contributed by atoms with E-state index in [4.69, 9.17) is 17.3 Å². The predicted octanol–water partition coefficient (Wildman–Crippen LogP) is 4.46. The third-order valence-corrected chi connectivity index (χ3v) is 7.17. The van der Waals surface area contributed by atoms with Crippen molar-refractivity contribution in [3.05, 3.63) is 58.5 Å². The van der Waals surface area contributed by atoms with Crippen molar-refractivity contribution in [2.24, 2.45) is 18.9 Å². The number of H-pyrrole nitrogens is 1. The Labute approximate surface area is 184 Å². The summed E-state index contributed by atoms with van der Waals surface area (Å²) < 4.78 is 15.0. The molecular formula is C22H24ClFN6O. The molecule has 0 radical (unpaired) electrons. The maximum absolute atomic E-state index is 13.4. The first-order valence-electron chi connectivity index (χ1n) is 10.5. The van der Waals surface area contributed by atoms with Gasteiger partial charge in [-0.15, -0.1) is 0 Å². The lowest BCUT2D eigenvalue weighted by Gasteiger charge is -2.14. The number of carbonyl (C=O) groups is 1. The van der Waals surface area contributed by atoms with Crippen LogP contribution in [0, 0.1) is 17.7 Å². The van der Waals surface area contributed by atoms with E-state index in [9.17, 15) is 9.18 Å². The molecular weight excluding hydrogens is 419 g/mol. The summed E-state index contributed by atoms with van der Waals surface area (Å²) in [6.07, 6.45) is 7.90. The minimum atomic E-state index is -0.535. The lowest BCUT2D eigenvalue weighted by molar-refractivity contribution is 0.102. The molecule has 4 N–H and O–H groups in total. The van der Waals surface area contributed by atoms with Gasteiger partial charge < -0.3 is 16.0 Å². The Morgan fingerprint density at radius 1 is 1.26 bits per heavy atom. The number of aromatic nitrogens is 4. The monoisotopic (exact) mass is 442 g/mol. The van der Waals surface area contributed by atoms with Crippen molar-refractivity contribution < 1.29 is 9.18 Å². The van der Waals surface area contributed by atoms with E-state index in [1.54, 1.807) is 18.1 Å². The second-order valence-electron chi connectivity index (χ2n) is 8.72. The fourth-order valence-corrected chi connectivity index (χ4v) is 5.61. The Morgan fingerprint density at radius 2 is 1.97 bits per heavy atom. The van der Waals surface area contributed by atoms with Crippen molar-refractivity contribution in [2.45, 2.75) is 37.5 Å². The number of aryl methyl sites for hydroxylation is 1. The summed E-state index contributed by atoms with van der Waals surface area (Å²) in [6, 6.07) is 4.08. The third-order valence-electron chi connectivity index (χ3n) is 6.88. The van der Waals surface area contributed by atoms with Crippen LogP contribution >= 0.6 is 11.6 Å². The lowest BCUT2D eigenvalue weighted by Crippen LogP contribution is -2.16. The van der Waals surface area contributed by atoms with E-state index < -0.39 is 5.82 Å². The number of nitrogen functional groups attached to an aromatic ring is 1. The van der Waals surface area contributed by atoms with Gasteiger partial charge >= 0.3 is 0 Å². The van der Waals surface area contributed by atoms with Gasteiger partial charge in [-0.25, -0.2) is 9.37 Å². The van der Waals surface area contributed by atoms with Crippen LogP contribution in [0.1, 0.15) is 59.3 Å². The van der Waals surface area contributed by atoms with Crippen LogP contribution in [0.4, 0.5) is 15.9 Å². The first kappa shape index (κ1) is 20.1. The number of fused-ring (bicyclic) bond motifs is 1. The largest absolute Gasteiger partial charge is 0.383 e. The molecule has 2 atom stereocenters. The Kier molecular flexibility index (Phi) is 4.97. The number of rotatable bonds is 4. The Bertz CT molecular complexity index is 1110. The number of hydrogen-bond donors (Lipinski definition) is 3. The van der Waals surface area contributed by atoms with Crippen molar-refractivity contribution in [1.82, 2.24) is 19.7 Å². The van der Waals surface area contributed by atoms with Gasteiger partial charge in [-0.1, -0.05) is 11.6 Å². The first-order valence-corrected chi connectivity index (χ1v) is 10.9. The normalized spacial score (nSPS) is 25.0. The van der Waals surface area contributed by atoms with Gasteiger partial charge in [0, 0.05) is 36.5 Å². The molecule has 1 amide bonds. The summed E-state index contributed by atoms with van der Waals surface area (Å²) in [7, 11) is 1.74. The highest BCUT2D eigenvalue weighted by Crippen LogP contribution is 2.55. The highest BCUT2D eigenvalue weighted by molar-refractivity contribution is 6.31. The number of aromatic amines is 1. The van der Waals surface area contributed by atoms with Crippen LogP contribution in [-0.2, 0) is 7.05 Å². The van der Waals surface area contributed by atoms with E-state index in [1.807, 2.05) is 6.20 Å². The summed E-state index contributed by atoms with van der Waals surface area (Å²) >= 11 is 5.84. The average molecular weight is 443 g/mol. The zero-order chi connectivity index (χ0) is 21.7. The molecule has 3 aromatic rings. The minimum absolute atomic E-state index is 0.0485. The number of carbonyl (C=O) groups excluding carboxylic acids is 1. The molecule has 9 heteroatoms. The summed E-state index contributed by atoms with van der Waals surface area (Å²) in [6.45, 7) is 0. The molecule has 1 aromatic carbocycles. The second kappa shape index (κ2) is 7.67. The number of amides is 1. The SMILES string of the molecule is Cn1nc(C2CC3CC(c4cnc[nH]4)CC3C2)c(C(=O)Nc2ccc(F)c(Cl)c2)c1N. The topological polar surface area (TPSA) is 102 Å². The van der Waals surface area contributed by atoms with Crippen molar-refractivity contribution in [2.75, 3.05) is 11.1 Å². The van der Waals surface area contributed by atoms with Crippen molar-refractivity contribution in [1.29, 1.82) is 0 Å². The van der Waals surface area contributed by atoms with Gasteiger partial charge in [0.15, 0.2) is 0 Å². The standard InChI is InChI=1S/C22H24ClFN6O/c1-30-21(25)19(22(31)28-15-2-3-17(24)16(23)8-15)20(29-30)14-6-11-4-13(5-12(11)7-14)18-9-26-10-27-18/h2-3,8-14H,4-7,25H2,1H3,(H,26,27)(H,28,31). The first-order chi connectivity index (χ1) is 14.9. The Balaban J connectivity index is 1.35. The molecule has 2 aromatic heterocycles. The molecule has 0 aliphatic heterocycles. The Morgan fingerprint density at radius 3 is 2.61 bits per heavy atom. The van der Waals surface area contributed by atoms with Gasteiger partial charge in [-0.3, -0.25) is 9.48 Å². The minimum Gasteiger partial charge on any atom is -0.383 e. The van der Waals surface area contributed by atoms with E-state index in [0.29, 0.717) is 34.8 Å². The maximum atomic E-state index is 13.4. The summed E-state index contributed by atoms with van der Waals surface area (Å²) in [5.41, 5.74) is 9.00. The maximum Gasteiger partial charge on any atom is 0.261 e. The van der Waals surface area contributed by atoms with Gasteiger partial charge in [0.25, 0.3) is 5.91 Å². The quantitative estimate of drug-likeness (QED) is 0.555. The molecule has 2 heterocycles. The number of anilines is 2. The van der Waals surface area contributed by atoms with E-state index in [2.05, 4.69) is 20.4 Å². The average Bonchev–Trinajstić information content (AvgIpc) is 3.48. The fraction of sp³-hybridized carbons (Fsp3) is 0.409. The molecule has 7 nitrogen and oxygen atoms in total. The molecule has 2 aliphatic rings. The van der Waals surface area contributed by atoms with E-state index in [1.165, 1.54) is 23.9 Å². The number of nitrogens with two attached hydrogens (primary N) is 1. The van der Waals surface area contributed by atoms with Crippen molar-refractivity contribution >= 4 is 29.0 Å². The highest BCUT2D eigenvalue weighted by atomic mass is 35.5. The van der Waals surface area contributed by atoms with Crippen LogP contribution in [-0.4, -0.2) is 25.7 Å². The molecule has 2 fully saturated rings.